The molecule has 2 N–H and O–H groups in total. The molecule has 3 atom stereocenters. The first kappa shape index (κ1) is 36.3. The highest BCUT2D eigenvalue weighted by atomic mass is 19.3. The van der Waals surface area contributed by atoms with Gasteiger partial charge in [-0.05, 0) is 83.8 Å². The van der Waals surface area contributed by atoms with E-state index >= 15 is 8.78 Å². The molecule has 56 heavy (non-hydrogen) atoms. The number of aromatic nitrogens is 1. The van der Waals surface area contributed by atoms with Gasteiger partial charge in [0.2, 0.25) is 11.8 Å². The number of hydrogen-bond donors (Lipinski definition) is 2. The van der Waals surface area contributed by atoms with Crippen molar-refractivity contribution in [1.29, 1.82) is 0 Å². The van der Waals surface area contributed by atoms with Crippen LogP contribution in [0.2, 0.25) is 0 Å². The van der Waals surface area contributed by atoms with Crippen LogP contribution in [0, 0.1) is 5.92 Å². The van der Waals surface area contributed by atoms with Gasteiger partial charge >= 0.3 is 0 Å². The van der Waals surface area contributed by atoms with Crippen LogP contribution in [0.4, 0.5) is 20.3 Å². The van der Waals surface area contributed by atoms with Crippen molar-refractivity contribution in [3.05, 3.63) is 118 Å². The predicted molar refractivity (Wildman–Crippen MR) is 208 cm³/mol. The lowest BCUT2D eigenvalue weighted by molar-refractivity contribution is -0.136. The molecule has 3 amide bonds. The van der Waals surface area contributed by atoms with Crippen LogP contribution < -0.4 is 15.1 Å². The number of phenols is 1. The van der Waals surface area contributed by atoms with Crippen LogP contribution in [0.25, 0.3) is 0 Å². The molecule has 0 spiro atoms. The summed E-state index contributed by atoms with van der Waals surface area (Å²) in [5.41, 5.74) is 4.84. The molecule has 1 aliphatic carbocycles. The summed E-state index contributed by atoms with van der Waals surface area (Å²) in [5, 5.41) is 12.5. The van der Waals surface area contributed by atoms with Crippen molar-refractivity contribution in [2.24, 2.45) is 5.92 Å². The number of pyridine rings is 1. The summed E-state index contributed by atoms with van der Waals surface area (Å²) in [6, 6.07) is 23.3. The number of amides is 3. The number of halogens is 2. The van der Waals surface area contributed by atoms with E-state index in [0.29, 0.717) is 30.0 Å². The smallest absolute Gasteiger partial charge is 0.274 e. The lowest BCUT2D eigenvalue weighted by Gasteiger charge is -2.40. The van der Waals surface area contributed by atoms with E-state index in [9.17, 15) is 19.5 Å². The number of rotatable bonds is 7. The number of carbonyl (C=O) groups excluding carboxylic acids is 3. The zero-order valence-electron chi connectivity index (χ0n) is 31.2. The molecule has 3 aromatic carbocycles. The minimum Gasteiger partial charge on any atom is -0.508 e. The number of nitrogens with zero attached hydrogens (tertiary/aromatic N) is 5. The zero-order chi connectivity index (χ0) is 38.6. The number of benzene rings is 3. The molecule has 10 nitrogen and oxygen atoms in total. The van der Waals surface area contributed by atoms with Gasteiger partial charge in [-0.1, -0.05) is 42.5 Å². The van der Waals surface area contributed by atoms with Gasteiger partial charge in [-0.25, -0.2) is 13.8 Å². The second-order valence-electron chi connectivity index (χ2n) is 16.1. The lowest BCUT2D eigenvalue weighted by Crippen LogP contribution is -2.52. The molecular formula is C44H46F2N6O4. The number of aromatic hydroxyl groups is 1. The second kappa shape index (κ2) is 14.6. The Kier molecular flexibility index (Phi) is 9.47. The number of phenolic OH excluding ortho intramolecular Hbond substituents is 1. The van der Waals surface area contributed by atoms with Gasteiger partial charge in [0.05, 0.1) is 0 Å². The Morgan fingerprint density at radius 3 is 2.34 bits per heavy atom. The van der Waals surface area contributed by atoms with Gasteiger partial charge < -0.3 is 19.8 Å². The number of fused-ring (bicyclic) bond motifs is 2. The van der Waals surface area contributed by atoms with E-state index in [0.717, 1.165) is 86.9 Å². The fourth-order valence-corrected chi connectivity index (χ4v) is 9.70. The SMILES string of the molecule is O=C1CC[C@H](N2Cc3cc(N4CCN(CC5CCN(c6ccc([C@H]7c8ccc(O)cc8C(F)(F)C[C@H]7c7ccccc7)cn6)CC5)CC4)ccc3C2=O)C(=O)N1. The van der Waals surface area contributed by atoms with Crippen LogP contribution in [0.1, 0.15) is 82.1 Å². The molecule has 1 aromatic heterocycles. The molecule has 4 aromatic rings. The highest BCUT2D eigenvalue weighted by Crippen LogP contribution is 2.54. The van der Waals surface area contributed by atoms with Gasteiger partial charge in [-0.3, -0.25) is 24.6 Å². The highest BCUT2D eigenvalue weighted by molar-refractivity contribution is 6.05. The maximum atomic E-state index is 15.5. The fraction of sp³-hybridized carbons (Fsp3) is 0.409. The van der Waals surface area contributed by atoms with Crippen molar-refractivity contribution in [2.75, 3.05) is 55.6 Å². The third-order valence-electron chi connectivity index (χ3n) is 12.7. The van der Waals surface area contributed by atoms with Crippen LogP contribution in [0.15, 0.2) is 85.1 Å². The van der Waals surface area contributed by atoms with Crippen LogP contribution in [0.3, 0.4) is 0 Å². The standard InChI is InChI=1S/C44H46F2N6O4/c45-44(46)24-36(29-4-2-1-3-5-29)41(35-10-8-33(53)23-37(35)44)30-6-12-39(47-25-30)51-16-14-28(15-17-51)26-49-18-20-50(21-19-49)32-7-9-34-31(22-32)27-52(43(34)56)38-11-13-40(54)48-42(38)55/h1-10,12,22-23,25,28,36,38,41,53H,11,13-21,24,26-27H2,(H,48,54,55)/t36-,38-,41-/m0/s1. The third kappa shape index (κ3) is 6.88. The van der Waals surface area contributed by atoms with Gasteiger partial charge in [0.1, 0.15) is 17.6 Å². The van der Waals surface area contributed by atoms with E-state index < -0.39 is 23.8 Å². The Balaban J connectivity index is 0.793. The number of piperidine rings is 2. The largest absolute Gasteiger partial charge is 0.508 e. The van der Waals surface area contributed by atoms with E-state index in [2.05, 4.69) is 26.1 Å². The Hall–Kier alpha value is -5.36. The van der Waals surface area contributed by atoms with Crippen molar-refractivity contribution in [3.8, 4) is 5.75 Å². The lowest BCUT2D eigenvalue weighted by atomic mass is 9.68. The van der Waals surface area contributed by atoms with E-state index in [4.69, 9.17) is 4.98 Å². The Morgan fingerprint density at radius 2 is 1.61 bits per heavy atom. The summed E-state index contributed by atoms with van der Waals surface area (Å²) in [5.74, 6) is -3.31. The van der Waals surface area contributed by atoms with E-state index in [1.165, 1.54) is 12.1 Å². The number of nitrogens with one attached hydrogen (secondary N) is 1. The molecule has 4 aliphatic heterocycles. The molecule has 3 fully saturated rings. The number of carbonyl (C=O) groups is 3. The molecular weight excluding hydrogens is 715 g/mol. The topological polar surface area (TPSA) is 109 Å². The van der Waals surface area contributed by atoms with Crippen LogP contribution >= 0.6 is 0 Å². The first-order chi connectivity index (χ1) is 27.1. The Bertz CT molecular complexity index is 2130. The van der Waals surface area contributed by atoms with Gasteiger partial charge in [0.25, 0.3) is 11.8 Å². The average Bonchev–Trinajstić information content (AvgIpc) is 3.53. The molecule has 290 valence electrons. The van der Waals surface area contributed by atoms with Crippen molar-refractivity contribution < 1.29 is 28.3 Å². The number of hydrogen-bond acceptors (Lipinski definition) is 8. The first-order valence-electron chi connectivity index (χ1n) is 19.8. The van der Waals surface area contributed by atoms with Gasteiger partial charge in [0, 0.05) is 100 Å². The number of piperazine rings is 1. The molecule has 0 saturated carbocycles. The monoisotopic (exact) mass is 760 g/mol. The molecule has 3 saturated heterocycles. The molecule has 12 heteroatoms. The summed E-state index contributed by atoms with van der Waals surface area (Å²) in [7, 11) is 0. The van der Waals surface area contributed by atoms with Crippen LogP contribution in [-0.4, -0.2) is 89.5 Å². The maximum absolute atomic E-state index is 15.5. The van der Waals surface area contributed by atoms with Gasteiger partial charge in [0.15, 0.2) is 0 Å². The highest BCUT2D eigenvalue weighted by Gasteiger charge is 2.47. The molecule has 0 radical (unpaired) electrons. The van der Waals surface area contributed by atoms with Gasteiger partial charge in [-0.15, -0.1) is 0 Å². The van der Waals surface area contributed by atoms with Crippen molar-refractivity contribution in [2.45, 2.75) is 62.4 Å². The first-order valence-corrected chi connectivity index (χ1v) is 19.8. The average molecular weight is 761 g/mol. The second-order valence-corrected chi connectivity index (χ2v) is 16.1. The predicted octanol–water partition coefficient (Wildman–Crippen LogP) is 6.00. The summed E-state index contributed by atoms with van der Waals surface area (Å²) in [6.07, 6.45) is 4.25. The third-order valence-corrected chi connectivity index (χ3v) is 12.7. The fourth-order valence-electron chi connectivity index (χ4n) is 9.70. The summed E-state index contributed by atoms with van der Waals surface area (Å²) >= 11 is 0. The van der Waals surface area contributed by atoms with E-state index in [-0.39, 0.29) is 41.9 Å². The molecule has 5 aliphatic rings. The Labute approximate surface area is 325 Å². The van der Waals surface area contributed by atoms with Crippen LogP contribution in [-0.2, 0) is 22.1 Å². The number of anilines is 2. The normalized spacial score (nSPS) is 24.2. The molecule has 0 bridgehead atoms. The van der Waals surface area contributed by atoms with Crippen molar-refractivity contribution >= 4 is 29.2 Å². The zero-order valence-corrected chi connectivity index (χ0v) is 31.2. The number of alkyl halides is 2. The summed E-state index contributed by atoms with van der Waals surface area (Å²) in [4.78, 5) is 51.0. The minimum absolute atomic E-state index is 0.108. The molecule has 0 unspecified atom stereocenters. The van der Waals surface area contributed by atoms with E-state index in [1.54, 1.807) is 11.0 Å². The minimum atomic E-state index is -3.06. The van der Waals surface area contributed by atoms with Crippen molar-refractivity contribution in [3.63, 3.8) is 0 Å². The maximum Gasteiger partial charge on any atom is 0.274 e. The quantitative estimate of drug-likeness (QED) is 0.221. The van der Waals surface area contributed by atoms with E-state index in [1.807, 2.05) is 60.8 Å². The van der Waals surface area contributed by atoms with Crippen molar-refractivity contribution in [1.82, 2.24) is 20.1 Å². The summed E-state index contributed by atoms with van der Waals surface area (Å²) in [6.45, 7) is 6.96. The summed E-state index contributed by atoms with van der Waals surface area (Å²) < 4.78 is 31.1. The van der Waals surface area contributed by atoms with Gasteiger partial charge in [-0.2, -0.15) is 0 Å². The molecule has 9 rings (SSSR count). The number of imide groups is 1. The Morgan fingerprint density at radius 1 is 0.821 bits per heavy atom. The molecule has 5 heterocycles. The van der Waals surface area contributed by atoms with Crippen LogP contribution in [0.5, 0.6) is 5.75 Å².